The summed E-state index contributed by atoms with van der Waals surface area (Å²) in [5.74, 6) is 0. The first-order valence-electron chi connectivity index (χ1n) is 10.1. The lowest BCUT2D eigenvalue weighted by atomic mass is 10.0. The second kappa shape index (κ2) is 10.4. The topological polar surface area (TPSA) is 44.8 Å². The van der Waals surface area contributed by atoms with E-state index in [1.807, 2.05) is 24.0 Å². The van der Waals surface area contributed by atoms with Crippen molar-refractivity contribution in [3.05, 3.63) is 29.3 Å². The Morgan fingerprint density at radius 3 is 2.19 bits per heavy atom. The average molecular weight is 455 g/mol. The Morgan fingerprint density at radius 1 is 1.06 bits per heavy atom. The van der Waals surface area contributed by atoms with Gasteiger partial charge in [0.2, 0.25) is 0 Å². The van der Waals surface area contributed by atoms with Crippen LogP contribution in [0.15, 0.2) is 18.2 Å². The monoisotopic (exact) mass is 455 g/mol. The van der Waals surface area contributed by atoms with Gasteiger partial charge in [-0.25, -0.2) is 4.79 Å². The minimum absolute atomic E-state index is 0.0221. The standard InChI is InChI=1S/C20H27F6N3O2/c1-3-5-14-6-7-15(16(12-14)27-4-2)13-28-8-10-29(11-9-28)18(30)31-17(19(21,22)23)20(24,25)26/h6-7,12,17,27H,3-5,8-11,13H2,1-2H3. The van der Waals surface area contributed by atoms with Crippen molar-refractivity contribution in [1.29, 1.82) is 0 Å². The molecule has 0 radical (unpaired) electrons. The van der Waals surface area contributed by atoms with Gasteiger partial charge in [0, 0.05) is 45.0 Å². The maximum Gasteiger partial charge on any atom is 0.434 e. The van der Waals surface area contributed by atoms with Crippen molar-refractivity contribution in [2.75, 3.05) is 38.0 Å². The number of anilines is 1. The molecule has 1 aliphatic heterocycles. The third-order valence-corrected chi connectivity index (χ3v) is 4.92. The normalized spacial score (nSPS) is 16.0. The van der Waals surface area contributed by atoms with Crippen LogP contribution in [0, 0.1) is 0 Å². The molecule has 2 rings (SSSR count). The van der Waals surface area contributed by atoms with E-state index < -0.39 is 24.5 Å². The highest BCUT2D eigenvalue weighted by molar-refractivity contribution is 5.68. The predicted molar refractivity (Wildman–Crippen MR) is 104 cm³/mol. The van der Waals surface area contributed by atoms with Gasteiger partial charge in [0.15, 0.2) is 0 Å². The number of nitrogens with zero attached hydrogens (tertiary/aromatic N) is 2. The van der Waals surface area contributed by atoms with Gasteiger partial charge in [-0.3, -0.25) is 4.90 Å². The number of aryl methyl sites for hydroxylation is 1. The summed E-state index contributed by atoms with van der Waals surface area (Å²) in [6, 6.07) is 6.15. The molecule has 5 nitrogen and oxygen atoms in total. The first-order valence-corrected chi connectivity index (χ1v) is 10.1. The Balaban J connectivity index is 1.96. The van der Waals surface area contributed by atoms with Gasteiger partial charge in [-0.15, -0.1) is 0 Å². The number of nitrogens with one attached hydrogen (secondary N) is 1. The molecule has 1 heterocycles. The third kappa shape index (κ3) is 7.19. The number of piperazine rings is 1. The first-order chi connectivity index (χ1) is 14.5. The summed E-state index contributed by atoms with van der Waals surface area (Å²) >= 11 is 0. The second-order valence-corrected chi connectivity index (χ2v) is 7.38. The molecule has 0 saturated carbocycles. The Kier molecular flexibility index (Phi) is 8.44. The fourth-order valence-corrected chi connectivity index (χ4v) is 3.38. The van der Waals surface area contributed by atoms with Crippen LogP contribution >= 0.6 is 0 Å². The maximum atomic E-state index is 12.6. The number of hydrogen-bond donors (Lipinski definition) is 1. The predicted octanol–water partition coefficient (Wildman–Crippen LogP) is 4.82. The minimum atomic E-state index is -5.72. The number of carbonyl (C=O) groups excluding carboxylic acids is 1. The average Bonchev–Trinajstić information content (AvgIpc) is 2.67. The largest absolute Gasteiger partial charge is 0.434 e. The van der Waals surface area contributed by atoms with E-state index in [4.69, 9.17) is 0 Å². The highest BCUT2D eigenvalue weighted by atomic mass is 19.4. The summed E-state index contributed by atoms with van der Waals surface area (Å²) in [6.07, 6.45) is -15.2. The first kappa shape index (κ1) is 25.1. The van der Waals surface area contributed by atoms with Crippen LogP contribution in [0.3, 0.4) is 0 Å². The van der Waals surface area contributed by atoms with Crippen LogP contribution in [0.4, 0.5) is 36.8 Å². The molecule has 1 aromatic rings. The molecule has 31 heavy (non-hydrogen) atoms. The van der Waals surface area contributed by atoms with Crippen LogP contribution in [-0.4, -0.2) is 67.1 Å². The van der Waals surface area contributed by atoms with Crippen molar-refractivity contribution >= 4 is 11.8 Å². The third-order valence-electron chi connectivity index (χ3n) is 4.92. The van der Waals surface area contributed by atoms with Crippen LogP contribution in [0.25, 0.3) is 0 Å². The van der Waals surface area contributed by atoms with Crippen LogP contribution in [-0.2, 0) is 17.7 Å². The zero-order valence-corrected chi connectivity index (χ0v) is 17.4. The van der Waals surface area contributed by atoms with Crippen LogP contribution in [0.2, 0.25) is 0 Å². The van der Waals surface area contributed by atoms with Crippen LogP contribution in [0.1, 0.15) is 31.4 Å². The summed E-state index contributed by atoms with van der Waals surface area (Å²) in [7, 11) is 0. The molecule has 1 N–H and O–H groups in total. The van der Waals surface area contributed by atoms with E-state index in [1.165, 1.54) is 5.56 Å². The minimum Gasteiger partial charge on any atom is -0.426 e. The Bertz CT molecular complexity index is 717. The number of benzene rings is 1. The van der Waals surface area contributed by atoms with Crippen molar-refractivity contribution in [1.82, 2.24) is 9.80 Å². The van der Waals surface area contributed by atoms with Gasteiger partial charge < -0.3 is 15.0 Å². The molecule has 11 heteroatoms. The molecule has 1 aliphatic rings. The highest BCUT2D eigenvalue weighted by Gasteiger charge is 2.60. The van der Waals surface area contributed by atoms with Crippen LogP contribution < -0.4 is 5.32 Å². The molecular formula is C20H27F6N3O2. The Morgan fingerprint density at radius 2 is 1.68 bits per heavy atom. The van der Waals surface area contributed by atoms with Gasteiger partial charge in [-0.2, -0.15) is 26.3 Å². The molecule has 1 aromatic carbocycles. The zero-order valence-electron chi connectivity index (χ0n) is 17.4. The van der Waals surface area contributed by atoms with Crippen molar-refractivity contribution in [2.45, 2.75) is 51.7 Å². The molecule has 0 unspecified atom stereocenters. The summed E-state index contributed by atoms with van der Waals surface area (Å²) < 4.78 is 79.3. The summed E-state index contributed by atoms with van der Waals surface area (Å²) in [5.41, 5.74) is 3.24. The molecular weight excluding hydrogens is 428 g/mol. The van der Waals surface area contributed by atoms with E-state index >= 15 is 0 Å². The van der Waals surface area contributed by atoms with E-state index in [9.17, 15) is 31.1 Å². The smallest absolute Gasteiger partial charge is 0.426 e. The van der Waals surface area contributed by atoms with Gasteiger partial charge in [0.05, 0.1) is 0 Å². The van der Waals surface area contributed by atoms with E-state index in [-0.39, 0.29) is 13.1 Å². The summed E-state index contributed by atoms with van der Waals surface area (Å²) in [4.78, 5) is 14.7. The molecule has 176 valence electrons. The molecule has 0 aliphatic carbocycles. The van der Waals surface area contributed by atoms with Gasteiger partial charge in [-0.1, -0.05) is 25.5 Å². The summed E-state index contributed by atoms with van der Waals surface area (Å²) in [6.45, 7) is 5.93. The van der Waals surface area contributed by atoms with E-state index in [1.54, 1.807) is 0 Å². The molecule has 0 spiro atoms. The number of alkyl halides is 6. The Hall–Kier alpha value is -2.17. The Labute approximate surface area is 177 Å². The lowest BCUT2D eigenvalue weighted by molar-refractivity contribution is -0.308. The van der Waals surface area contributed by atoms with Gasteiger partial charge in [0.25, 0.3) is 6.10 Å². The van der Waals surface area contributed by atoms with Gasteiger partial charge >= 0.3 is 18.4 Å². The number of ether oxygens (including phenoxy) is 1. The molecule has 1 fully saturated rings. The van der Waals surface area contributed by atoms with E-state index in [0.29, 0.717) is 19.6 Å². The molecule has 0 aromatic heterocycles. The maximum absolute atomic E-state index is 12.6. The number of carbonyl (C=O) groups is 1. The number of amides is 1. The van der Waals surface area contributed by atoms with Gasteiger partial charge in [0.1, 0.15) is 0 Å². The van der Waals surface area contributed by atoms with Crippen molar-refractivity contribution in [3.8, 4) is 0 Å². The number of hydrogen-bond acceptors (Lipinski definition) is 4. The second-order valence-electron chi connectivity index (χ2n) is 7.38. The zero-order chi connectivity index (χ0) is 23.2. The number of rotatable bonds is 7. The highest BCUT2D eigenvalue weighted by Crippen LogP contribution is 2.36. The number of halogens is 6. The van der Waals surface area contributed by atoms with E-state index in [2.05, 4.69) is 23.0 Å². The molecule has 1 amide bonds. The van der Waals surface area contributed by atoms with Gasteiger partial charge in [-0.05, 0) is 30.5 Å². The fourth-order valence-electron chi connectivity index (χ4n) is 3.38. The van der Waals surface area contributed by atoms with Crippen molar-refractivity contribution in [3.63, 3.8) is 0 Å². The fraction of sp³-hybridized carbons (Fsp3) is 0.650. The lowest BCUT2D eigenvalue weighted by Gasteiger charge is -2.35. The van der Waals surface area contributed by atoms with Crippen LogP contribution in [0.5, 0.6) is 0 Å². The summed E-state index contributed by atoms with van der Waals surface area (Å²) in [5, 5.41) is 3.32. The lowest BCUT2D eigenvalue weighted by Crippen LogP contribution is -2.52. The SMILES string of the molecule is CCCc1ccc(CN2CCN(C(=O)OC(C(F)(F)F)C(F)(F)F)CC2)c(NCC)c1. The van der Waals surface area contributed by atoms with Crippen molar-refractivity contribution < 1.29 is 35.9 Å². The molecule has 1 saturated heterocycles. The molecule has 0 bridgehead atoms. The van der Waals surface area contributed by atoms with Crippen molar-refractivity contribution in [2.24, 2.45) is 0 Å². The molecule has 0 atom stereocenters. The van der Waals surface area contributed by atoms with E-state index in [0.717, 1.165) is 35.5 Å². The quantitative estimate of drug-likeness (QED) is 0.599.